The lowest BCUT2D eigenvalue weighted by Gasteiger charge is -2.56. The van der Waals surface area contributed by atoms with Crippen molar-refractivity contribution in [3.63, 3.8) is 0 Å². The van der Waals surface area contributed by atoms with Crippen LogP contribution in [0.4, 0.5) is 0 Å². The third-order valence-corrected chi connectivity index (χ3v) is 10.4. The van der Waals surface area contributed by atoms with Crippen molar-refractivity contribution in [2.75, 3.05) is 26.4 Å². The van der Waals surface area contributed by atoms with Gasteiger partial charge in [-0.2, -0.15) is 0 Å². The minimum atomic E-state index is -2.08. The van der Waals surface area contributed by atoms with Gasteiger partial charge in [0.15, 0.2) is 5.69 Å². The van der Waals surface area contributed by atoms with Gasteiger partial charge in [0.05, 0.1) is 24.8 Å². The van der Waals surface area contributed by atoms with Crippen molar-refractivity contribution in [1.82, 2.24) is 15.0 Å². The SMILES string of the molecule is CCOC(=O)c1nnn(C2CC(=NOCc3ccccc3)C3=CC(CCCCO)C(CCCCO)C4c5cc(O)ccc5OC2(O)C34)c1C(=O)OCC. The van der Waals surface area contributed by atoms with Crippen LogP contribution < -0.4 is 4.74 Å². The zero-order valence-corrected chi connectivity index (χ0v) is 30.1. The quantitative estimate of drug-likeness (QED) is 0.0891. The number of benzene rings is 2. The second-order valence-electron chi connectivity index (χ2n) is 13.7. The molecule has 6 unspecified atom stereocenters. The van der Waals surface area contributed by atoms with E-state index in [1.54, 1.807) is 26.0 Å². The van der Waals surface area contributed by atoms with Gasteiger partial charge in [0.1, 0.15) is 24.1 Å². The molecule has 3 aliphatic rings. The number of aliphatic hydroxyl groups is 3. The fourth-order valence-corrected chi connectivity index (χ4v) is 8.21. The van der Waals surface area contributed by atoms with Gasteiger partial charge < -0.3 is 39.5 Å². The number of unbranched alkanes of at least 4 members (excludes halogenated alkanes) is 2. The van der Waals surface area contributed by atoms with Crippen LogP contribution in [-0.4, -0.2) is 85.3 Å². The molecule has 4 N–H and O–H groups in total. The molecule has 2 heterocycles. The third kappa shape index (κ3) is 7.66. The first-order valence-electron chi connectivity index (χ1n) is 18.5. The summed E-state index contributed by atoms with van der Waals surface area (Å²) in [5.41, 5.74) is 2.13. The largest absolute Gasteiger partial charge is 0.508 e. The number of rotatable bonds is 16. The van der Waals surface area contributed by atoms with Gasteiger partial charge in [-0.1, -0.05) is 59.6 Å². The van der Waals surface area contributed by atoms with Crippen LogP contribution in [0, 0.1) is 17.8 Å². The molecule has 0 saturated heterocycles. The van der Waals surface area contributed by atoms with Gasteiger partial charge in [0.25, 0.3) is 0 Å². The van der Waals surface area contributed by atoms with E-state index in [9.17, 15) is 30.0 Å². The van der Waals surface area contributed by atoms with Crippen LogP contribution in [0.2, 0.25) is 0 Å². The molecule has 284 valence electrons. The van der Waals surface area contributed by atoms with Crippen LogP contribution in [0.5, 0.6) is 11.5 Å². The second-order valence-corrected chi connectivity index (χ2v) is 13.7. The highest BCUT2D eigenvalue weighted by Gasteiger charge is 2.64. The van der Waals surface area contributed by atoms with Crippen molar-refractivity contribution < 1.29 is 49.1 Å². The van der Waals surface area contributed by atoms with E-state index in [2.05, 4.69) is 21.5 Å². The van der Waals surface area contributed by atoms with E-state index in [1.807, 2.05) is 30.3 Å². The maximum atomic E-state index is 13.6. The predicted octanol–water partition coefficient (Wildman–Crippen LogP) is 4.83. The molecule has 1 aliphatic heterocycles. The van der Waals surface area contributed by atoms with Crippen LogP contribution in [0.15, 0.2) is 65.3 Å². The summed E-state index contributed by atoms with van der Waals surface area (Å²) >= 11 is 0. The Morgan fingerprint density at radius 1 is 0.981 bits per heavy atom. The smallest absolute Gasteiger partial charge is 0.361 e. The minimum Gasteiger partial charge on any atom is -0.508 e. The molecule has 53 heavy (non-hydrogen) atoms. The number of oxime groups is 1. The fraction of sp³-hybridized carbons (Fsp3) is 0.513. The average Bonchev–Trinajstić information content (AvgIpc) is 3.59. The maximum absolute atomic E-state index is 13.6. The number of hydrogen-bond acceptors (Lipinski definition) is 13. The van der Waals surface area contributed by atoms with Crippen LogP contribution >= 0.6 is 0 Å². The van der Waals surface area contributed by atoms with Crippen LogP contribution in [0.25, 0.3) is 0 Å². The number of hydrogen-bond donors (Lipinski definition) is 4. The molecule has 14 nitrogen and oxygen atoms in total. The van der Waals surface area contributed by atoms with E-state index >= 15 is 0 Å². The number of ether oxygens (including phenoxy) is 3. The van der Waals surface area contributed by atoms with Crippen molar-refractivity contribution in [3.8, 4) is 11.5 Å². The van der Waals surface area contributed by atoms with Gasteiger partial charge in [0, 0.05) is 31.1 Å². The Hall–Kier alpha value is -4.79. The minimum absolute atomic E-state index is 0.000604. The highest BCUT2D eigenvalue weighted by molar-refractivity contribution is 6.03. The van der Waals surface area contributed by atoms with Crippen LogP contribution in [0.3, 0.4) is 0 Å². The molecular formula is C39H48N4O10. The summed E-state index contributed by atoms with van der Waals surface area (Å²) in [4.78, 5) is 32.7. The van der Waals surface area contributed by atoms with E-state index in [0.717, 1.165) is 18.4 Å². The van der Waals surface area contributed by atoms with Gasteiger partial charge in [-0.3, -0.25) is 0 Å². The Morgan fingerprint density at radius 3 is 2.42 bits per heavy atom. The Morgan fingerprint density at radius 2 is 1.70 bits per heavy atom. The summed E-state index contributed by atoms with van der Waals surface area (Å²) in [5, 5.41) is 56.4. The van der Waals surface area contributed by atoms with Gasteiger partial charge in [-0.15, -0.1) is 5.10 Å². The molecule has 3 aromatic rings. The Labute approximate surface area is 308 Å². The summed E-state index contributed by atoms with van der Waals surface area (Å²) in [5.74, 6) is -4.81. The number of phenols is 1. The predicted molar refractivity (Wildman–Crippen MR) is 191 cm³/mol. The topological polar surface area (TPSA) is 195 Å². The molecule has 1 aromatic heterocycles. The molecule has 0 bridgehead atoms. The molecular weight excluding hydrogens is 684 g/mol. The third-order valence-electron chi connectivity index (χ3n) is 10.4. The normalized spacial score (nSPS) is 25.1. The molecule has 2 aliphatic carbocycles. The number of fused-ring (bicyclic) bond motifs is 2. The van der Waals surface area contributed by atoms with E-state index in [4.69, 9.17) is 19.0 Å². The summed E-state index contributed by atoms with van der Waals surface area (Å²) in [7, 11) is 0. The number of allylic oxidation sites excluding steroid dienone is 1. The van der Waals surface area contributed by atoms with Gasteiger partial charge in [-0.25, -0.2) is 14.3 Å². The number of esters is 2. The Bertz CT molecular complexity index is 1810. The number of aromatic hydroxyl groups is 1. The number of aliphatic hydroxyl groups excluding tert-OH is 2. The lowest BCUT2D eigenvalue weighted by atomic mass is 9.55. The summed E-state index contributed by atoms with van der Waals surface area (Å²) in [6.45, 7) is 3.55. The number of nitrogens with zero attached hydrogens (tertiary/aromatic N) is 4. The number of phenolic OH excluding ortho intramolecular Hbond substituents is 1. The highest BCUT2D eigenvalue weighted by atomic mass is 16.6. The van der Waals surface area contributed by atoms with Gasteiger partial charge >= 0.3 is 11.9 Å². The van der Waals surface area contributed by atoms with Crippen molar-refractivity contribution >= 4 is 17.7 Å². The van der Waals surface area contributed by atoms with Gasteiger partial charge in [0.2, 0.25) is 11.5 Å². The number of carbonyl (C=O) groups excluding carboxylic acids is 2. The first-order chi connectivity index (χ1) is 25.7. The highest BCUT2D eigenvalue weighted by Crippen LogP contribution is 2.62. The van der Waals surface area contributed by atoms with E-state index in [-0.39, 0.29) is 68.4 Å². The van der Waals surface area contributed by atoms with E-state index < -0.39 is 35.6 Å². The zero-order chi connectivity index (χ0) is 37.5. The van der Waals surface area contributed by atoms with Crippen molar-refractivity contribution in [1.29, 1.82) is 0 Å². The molecule has 14 heteroatoms. The van der Waals surface area contributed by atoms with E-state index in [0.29, 0.717) is 48.3 Å². The molecule has 6 rings (SSSR count). The fourth-order valence-electron chi connectivity index (χ4n) is 8.21. The molecule has 6 atom stereocenters. The maximum Gasteiger partial charge on any atom is 0.361 e. The van der Waals surface area contributed by atoms with E-state index in [1.165, 1.54) is 10.7 Å². The van der Waals surface area contributed by atoms with Crippen molar-refractivity contribution in [2.24, 2.45) is 22.9 Å². The number of carbonyl (C=O) groups is 2. The van der Waals surface area contributed by atoms with Gasteiger partial charge in [-0.05, 0) is 80.7 Å². The molecule has 0 spiro atoms. The van der Waals surface area contributed by atoms with Crippen molar-refractivity contribution in [2.45, 2.75) is 83.1 Å². The molecule has 2 aromatic carbocycles. The van der Waals surface area contributed by atoms with Crippen LogP contribution in [0.1, 0.15) is 103 Å². The monoisotopic (exact) mass is 732 g/mol. The molecule has 0 amide bonds. The lowest BCUT2D eigenvalue weighted by Crippen LogP contribution is -2.62. The summed E-state index contributed by atoms with van der Waals surface area (Å²) < 4.78 is 18.4. The first kappa shape index (κ1) is 38.0. The summed E-state index contributed by atoms with van der Waals surface area (Å²) in [6, 6.07) is 13.1. The van der Waals surface area contributed by atoms with Crippen molar-refractivity contribution in [3.05, 3.63) is 82.7 Å². The number of aromatic nitrogens is 3. The molecule has 0 radical (unpaired) electrons. The van der Waals surface area contributed by atoms with Crippen LogP contribution in [-0.2, 0) is 20.9 Å². The Balaban J connectivity index is 1.56. The Kier molecular flexibility index (Phi) is 12.1. The molecule has 1 saturated carbocycles. The standard InChI is InChI=1S/C39H48N4O10/c1-3-50-37(47)35-36(38(48)51-4-2)43(42-40-35)32-22-30(41-52-23-24-12-6-5-7-13-24)28-20-25(14-8-10-18-44)27(15-9-11-19-45)33-29-21-26(46)16-17-31(29)53-39(32,49)34(28)33/h5-7,12-13,16-17,20-21,25,27,32-34,44-46,49H,3-4,8-11,14-15,18-19,22-23H2,1-2H3. The first-order valence-corrected chi connectivity index (χ1v) is 18.5. The average molecular weight is 733 g/mol. The molecule has 1 fully saturated rings. The zero-order valence-electron chi connectivity index (χ0n) is 30.1. The second kappa shape index (κ2) is 16.9. The summed E-state index contributed by atoms with van der Waals surface area (Å²) in [6.07, 6.45) is 6.19. The lowest BCUT2D eigenvalue weighted by molar-refractivity contribution is -0.225.